The fourth-order valence-electron chi connectivity index (χ4n) is 1.76. The van der Waals surface area contributed by atoms with Crippen molar-refractivity contribution >= 4 is 17.6 Å². The summed E-state index contributed by atoms with van der Waals surface area (Å²) in [5.74, 6) is 4.06. The van der Waals surface area contributed by atoms with Gasteiger partial charge in [0, 0.05) is 5.02 Å². The molecule has 0 radical (unpaired) electrons. The van der Waals surface area contributed by atoms with Gasteiger partial charge in [0.2, 0.25) is 5.88 Å². The molecule has 0 heterocycles. The highest BCUT2D eigenvalue weighted by atomic mass is 35.5. The highest BCUT2D eigenvalue weighted by Crippen LogP contribution is 2.26. The number of rotatable bonds is 5. The molecule has 0 unspecified atom stereocenters. The largest absolute Gasteiger partial charge is 0.476 e. The first kappa shape index (κ1) is 15.7. The van der Waals surface area contributed by atoms with Gasteiger partial charge in [-0.25, -0.2) is 10.6 Å². The number of carbonyl (C=O) groups is 1. The Morgan fingerprint density at radius 3 is 2.41 bits per heavy atom. The normalized spacial score (nSPS) is 11.5. The number of nitrogens with one attached hydrogen (secondary N) is 1. The molecule has 114 valence electrons. The van der Waals surface area contributed by atoms with Gasteiger partial charge in [-0.1, -0.05) is 35.9 Å². The molecule has 7 heteroatoms. The molecule has 0 aliphatic rings. The number of halogens is 1. The zero-order chi connectivity index (χ0) is 16.1. The third kappa shape index (κ3) is 3.69. The van der Waals surface area contributed by atoms with Crippen molar-refractivity contribution in [3.8, 4) is 16.9 Å². The van der Waals surface area contributed by atoms with Crippen molar-refractivity contribution in [1.82, 2.24) is 5.43 Å². The summed E-state index contributed by atoms with van der Waals surface area (Å²) in [6.45, 7) is 0. The number of aliphatic carboxylic acids is 1. The zero-order valence-corrected chi connectivity index (χ0v) is 12.2. The highest BCUT2D eigenvalue weighted by molar-refractivity contribution is 6.30. The summed E-state index contributed by atoms with van der Waals surface area (Å²) >= 11 is 5.86. The molecule has 2 aromatic rings. The second-order valence-electron chi connectivity index (χ2n) is 4.33. The molecule has 0 bridgehead atoms. The molecular weight excluding hydrogens is 306 g/mol. The quantitative estimate of drug-likeness (QED) is 0.290. The maximum atomic E-state index is 10.8. The lowest BCUT2D eigenvalue weighted by Crippen LogP contribution is -2.31. The lowest BCUT2D eigenvalue weighted by atomic mass is 10.1. The fourth-order valence-corrected chi connectivity index (χ4v) is 1.88. The summed E-state index contributed by atoms with van der Waals surface area (Å²) in [5.41, 5.74) is 8.81. The van der Waals surface area contributed by atoms with Crippen LogP contribution in [0.15, 0.2) is 60.1 Å². The summed E-state index contributed by atoms with van der Waals surface area (Å²) in [7, 11) is 0. The number of benzene rings is 2. The average molecular weight is 320 g/mol. The minimum Gasteiger partial charge on any atom is -0.476 e. The van der Waals surface area contributed by atoms with E-state index in [0.717, 1.165) is 11.1 Å². The maximum absolute atomic E-state index is 10.8. The second kappa shape index (κ2) is 6.84. The average Bonchev–Trinajstić information content (AvgIpc) is 2.53. The van der Waals surface area contributed by atoms with Crippen LogP contribution in [0.5, 0.6) is 5.75 Å². The van der Waals surface area contributed by atoms with E-state index in [0.29, 0.717) is 10.8 Å². The molecule has 0 aromatic heterocycles. The van der Waals surface area contributed by atoms with Gasteiger partial charge in [0.1, 0.15) is 5.75 Å². The van der Waals surface area contributed by atoms with Crippen LogP contribution < -0.4 is 21.7 Å². The van der Waals surface area contributed by atoms with Crippen LogP contribution in [0.4, 0.5) is 0 Å². The first-order chi connectivity index (χ1) is 10.5. The lowest BCUT2D eigenvalue weighted by molar-refractivity contribution is -0.132. The van der Waals surface area contributed by atoms with Crippen molar-refractivity contribution in [3.63, 3.8) is 0 Å². The number of hydrogen-bond acceptors (Lipinski definition) is 5. The van der Waals surface area contributed by atoms with Crippen LogP contribution in [0, 0.1) is 0 Å². The number of hydrogen-bond donors (Lipinski definition) is 4. The van der Waals surface area contributed by atoms with Crippen molar-refractivity contribution in [1.29, 1.82) is 0 Å². The molecule has 6 N–H and O–H groups in total. The molecule has 0 aliphatic heterocycles. The van der Waals surface area contributed by atoms with E-state index in [1.807, 2.05) is 18.2 Å². The van der Waals surface area contributed by atoms with Gasteiger partial charge >= 0.3 is 5.97 Å². The van der Waals surface area contributed by atoms with Crippen molar-refractivity contribution in [2.45, 2.75) is 0 Å². The van der Waals surface area contributed by atoms with E-state index in [2.05, 4.69) is 5.43 Å². The topological polar surface area (TPSA) is 111 Å². The molecule has 0 saturated heterocycles. The highest BCUT2D eigenvalue weighted by Gasteiger charge is 2.12. The minimum absolute atomic E-state index is 0.235. The smallest absolute Gasteiger partial charge is 0.357 e. The van der Waals surface area contributed by atoms with Gasteiger partial charge in [-0.2, -0.15) is 0 Å². The number of nitrogens with two attached hydrogens (primary N) is 2. The first-order valence-corrected chi connectivity index (χ1v) is 6.62. The fraction of sp³-hybridized carbons (Fsp3) is 0. The van der Waals surface area contributed by atoms with Crippen LogP contribution in [0.3, 0.4) is 0 Å². The number of carboxylic acids is 1. The monoisotopic (exact) mass is 319 g/mol. The number of hydrazine groups is 1. The third-order valence-corrected chi connectivity index (χ3v) is 3.09. The van der Waals surface area contributed by atoms with Crippen molar-refractivity contribution in [3.05, 3.63) is 65.1 Å². The van der Waals surface area contributed by atoms with Gasteiger partial charge in [-0.15, -0.1) is 0 Å². The van der Waals surface area contributed by atoms with Gasteiger partial charge in [0.05, 0.1) is 0 Å². The number of carboxylic acid groups (broad SMARTS) is 1. The van der Waals surface area contributed by atoms with E-state index in [-0.39, 0.29) is 5.88 Å². The maximum Gasteiger partial charge on any atom is 0.357 e. The third-order valence-electron chi connectivity index (χ3n) is 2.84. The standard InChI is InChI=1S/C15H14ClN3O3/c16-11-6-4-9(5-7-11)10-2-1-3-12(8-10)22-14(19-18)13(17)15(20)21/h1-8,19H,17-18H2,(H,20,21)/b14-13+. The molecule has 0 aliphatic carbocycles. The van der Waals surface area contributed by atoms with Crippen LogP contribution in [-0.2, 0) is 4.79 Å². The number of ether oxygens (including phenoxy) is 1. The van der Waals surface area contributed by atoms with Gasteiger partial charge in [-0.05, 0) is 35.4 Å². The Bertz CT molecular complexity index is 714. The van der Waals surface area contributed by atoms with Crippen molar-refractivity contribution in [2.75, 3.05) is 0 Å². The molecule has 0 saturated carbocycles. The van der Waals surface area contributed by atoms with E-state index in [4.69, 9.17) is 33.0 Å². The van der Waals surface area contributed by atoms with Crippen LogP contribution in [0.1, 0.15) is 0 Å². The Labute approximate surface area is 131 Å². The zero-order valence-electron chi connectivity index (χ0n) is 11.4. The molecule has 22 heavy (non-hydrogen) atoms. The van der Waals surface area contributed by atoms with Crippen molar-refractivity contribution in [2.24, 2.45) is 11.6 Å². The molecule has 0 spiro atoms. The van der Waals surface area contributed by atoms with Crippen LogP contribution in [0.2, 0.25) is 5.02 Å². The van der Waals surface area contributed by atoms with Crippen molar-refractivity contribution < 1.29 is 14.6 Å². The van der Waals surface area contributed by atoms with E-state index in [1.165, 1.54) is 0 Å². The SMILES string of the molecule is NN/C(Oc1cccc(-c2ccc(Cl)cc2)c1)=C(\N)C(=O)O. The van der Waals surface area contributed by atoms with Crippen LogP contribution >= 0.6 is 11.6 Å². The van der Waals surface area contributed by atoms with Crippen LogP contribution in [-0.4, -0.2) is 11.1 Å². The molecule has 2 rings (SSSR count). The Morgan fingerprint density at radius 2 is 1.82 bits per heavy atom. The van der Waals surface area contributed by atoms with E-state index < -0.39 is 11.7 Å². The Kier molecular flexibility index (Phi) is 4.88. The summed E-state index contributed by atoms with van der Waals surface area (Å²) < 4.78 is 5.38. The van der Waals surface area contributed by atoms with Gasteiger partial charge in [-0.3, -0.25) is 5.43 Å². The Balaban J connectivity index is 2.30. The summed E-state index contributed by atoms with van der Waals surface area (Å²) in [6.07, 6.45) is 0. The molecule has 6 nitrogen and oxygen atoms in total. The van der Waals surface area contributed by atoms with E-state index in [1.54, 1.807) is 30.3 Å². The van der Waals surface area contributed by atoms with E-state index >= 15 is 0 Å². The molecule has 0 fully saturated rings. The summed E-state index contributed by atoms with van der Waals surface area (Å²) in [6, 6.07) is 14.3. The molecule has 0 amide bonds. The summed E-state index contributed by atoms with van der Waals surface area (Å²) in [4.78, 5) is 10.8. The first-order valence-electron chi connectivity index (χ1n) is 6.25. The summed E-state index contributed by atoms with van der Waals surface area (Å²) in [5, 5.41) is 9.49. The predicted molar refractivity (Wildman–Crippen MR) is 83.7 cm³/mol. The van der Waals surface area contributed by atoms with Gasteiger partial charge < -0.3 is 15.6 Å². The lowest BCUT2D eigenvalue weighted by Gasteiger charge is -2.11. The van der Waals surface area contributed by atoms with Gasteiger partial charge in [0.15, 0.2) is 5.70 Å². The van der Waals surface area contributed by atoms with Gasteiger partial charge in [0.25, 0.3) is 0 Å². The predicted octanol–water partition coefficient (Wildman–Crippen LogP) is 2.06. The van der Waals surface area contributed by atoms with Crippen LogP contribution in [0.25, 0.3) is 11.1 Å². The van der Waals surface area contributed by atoms with E-state index in [9.17, 15) is 4.79 Å². The Hall–Kier alpha value is -2.70. The molecule has 0 atom stereocenters. The second-order valence-corrected chi connectivity index (χ2v) is 4.77. The molecule has 2 aromatic carbocycles. The Morgan fingerprint density at radius 1 is 1.14 bits per heavy atom. The molecular formula is C15H14ClN3O3. The minimum atomic E-state index is -1.33.